The maximum absolute atomic E-state index is 12.1. The van der Waals surface area contributed by atoms with Gasteiger partial charge in [-0.3, -0.25) is 4.79 Å². The number of benzene rings is 1. The van der Waals surface area contributed by atoms with Crippen molar-refractivity contribution in [2.75, 3.05) is 18.5 Å². The molecule has 0 atom stereocenters. The number of aliphatic hydroxyl groups excluding tert-OH is 1. The summed E-state index contributed by atoms with van der Waals surface area (Å²) in [4.78, 5) is 12.1. The van der Waals surface area contributed by atoms with E-state index < -0.39 is 0 Å². The lowest BCUT2D eigenvalue weighted by molar-refractivity contribution is 0.0561. The number of hydrogen-bond acceptors (Lipinski definition) is 4. The number of carbonyl (C=O) groups is 1. The number of para-hydroxylation sites is 1. The Labute approximate surface area is 105 Å². The van der Waals surface area contributed by atoms with Crippen LogP contribution >= 0.6 is 0 Å². The molecule has 1 aromatic rings. The number of nitrogens with one attached hydrogen (secondary N) is 2. The van der Waals surface area contributed by atoms with Crippen LogP contribution in [0, 0.1) is 0 Å². The predicted octanol–water partition coefficient (Wildman–Crippen LogP) is 0.744. The van der Waals surface area contributed by atoms with E-state index in [1.54, 1.807) is 6.07 Å². The molecule has 0 unspecified atom stereocenters. The fourth-order valence-electron chi connectivity index (χ4n) is 2.32. The van der Waals surface area contributed by atoms with Gasteiger partial charge < -0.3 is 20.5 Å². The Hall–Kier alpha value is -1.75. The van der Waals surface area contributed by atoms with E-state index in [1.807, 2.05) is 12.1 Å². The van der Waals surface area contributed by atoms with Crippen molar-refractivity contribution in [1.82, 2.24) is 5.32 Å². The maximum Gasteiger partial charge on any atom is 0.255 e. The molecule has 1 amide bonds. The second kappa shape index (κ2) is 4.49. The molecule has 5 heteroatoms. The molecule has 5 nitrogen and oxygen atoms in total. The molecule has 3 rings (SSSR count). The minimum Gasteiger partial charge on any atom is -0.489 e. The summed E-state index contributed by atoms with van der Waals surface area (Å²) in [7, 11) is 0. The molecular formula is C13H16N2O3. The van der Waals surface area contributed by atoms with Crippen molar-refractivity contribution < 1.29 is 14.6 Å². The van der Waals surface area contributed by atoms with E-state index in [1.165, 1.54) is 0 Å². The van der Waals surface area contributed by atoms with Gasteiger partial charge in [-0.05, 0) is 25.0 Å². The zero-order valence-corrected chi connectivity index (χ0v) is 9.98. The Bertz CT molecular complexity index is 469. The van der Waals surface area contributed by atoms with Gasteiger partial charge in [0, 0.05) is 12.6 Å². The van der Waals surface area contributed by atoms with E-state index in [9.17, 15) is 9.90 Å². The van der Waals surface area contributed by atoms with Crippen LogP contribution in [0.4, 0.5) is 5.69 Å². The Balaban J connectivity index is 1.77. The van der Waals surface area contributed by atoms with Crippen molar-refractivity contribution in [3.8, 4) is 5.75 Å². The number of ether oxygens (including phenoxy) is 1. The van der Waals surface area contributed by atoms with E-state index in [-0.39, 0.29) is 18.1 Å². The quantitative estimate of drug-likeness (QED) is 0.722. The summed E-state index contributed by atoms with van der Waals surface area (Å²) >= 11 is 0. The number of amides is 1. The standard InChI is InChI=1S/C13H16N2O3/c16-9-6-8(7-9)15-13(17)10-2-1-3-11-12(10)18-5-4-14-11/h1-3,8-9,14,16H,4-7H2,(H,15,17). The molecule has 3 N–H and O–H groups in total. The van der Waals surface area contributed by atoms with Crippen LogP contribution in [-0.2, 0) is 0 Å². The lowest BCUT2D eigenvalue weighted by Gasteiger charge is -2.32. The van der Waals surface area contributed by atoms with Gasteiger partial charge in [0.1, 0.15) is 6.61 Å². The average molecular weight is 248 g/mol. The number of fused-ring (bicyclic) bond motifs is 1. The molecule has 1 saturated carbocycles. The lowest BCUT2D eigenvalue weighted by Crippen LogP contribution is -2.46. The summed E-state index contributed by atoms with van der Waals surface area (Å²) in [6.45, 7) is 1.33. The number of hydrogen-bond donors (Lipinski definition) is 3. The minimum absolute atomic E-state index is 0.0832. The fraction of sp³-hybridized carbons (Fsp3) is 0.462. The molecule has 1 aliphatic heterocycles. The van der Waals surface area contributed by atoms with Crippen LogP contribution in [0.2, 0.25) is 0 Å². The Kier molecular flexibility index (Phi) is 2.83. The van der Waals surface area contributed by atoms with Crippen LogP contribution in [-0.4, -0.2) is 36.3 Å². The molecule has 1 fully saturated rings. The first kappa shape index (κ1) is 11.3. The summed E-state index contributed by atoms with van der Waals surface area (Å²) in [6, 6.07) is 5.58. The van der Waals surface area contributed by atoms with Crippen LogP contribution in [0.5, 0.6) is 5.75 Å². The molecule has 0 aromatic heterocycles. The van der Waals surface area contributed by atoms with Gasteiger partial charge in [-0.1, -0.05) is 6.07 Å². The Morgan fingerprint density at radius 2 is 2.28 bits per heavy atom. The third kappa shape index (κ3) is 2.01. The second-order valence-corrected chi connectivity index (χ2v) is 4.75. The molecule has 0 radical (unpaired) electrons. The van der Waals surface area contributed by atoms with Crippen LogP contribution in [0.3, 0.4) is 0 Å². The van der Waals surface area contributed by atoms with Crippen molar-refractivity contribution >= 4 is 11.6 Å². The highest BCUT2D eigenvalue weighted by atomic mass is 16.5. The first-order valence-corrected chi connectivity index (χ1v) is 6.22. The van der Waals surface area contributed by atoms with Gasteiger partial charge >= 0.3 is 0 Å². The van der Waals surface area contributed by atoms with Crippen LogP contribution in [0.15, 0.2) is 18.2 Å². The van der Waals surface area contributed by atoms with Gasteiger partial charge in [0.05, 0.1) is 17.4 Å². The summed E-state index contributed by atoms with van der Waals surface area (Å²) in [6.07, 6.45) is 1.01. The van der Waals surface area contributed by atoms with E-state index >= 15 is 0 Å². The number of anilines is 1. The van der Waals surface area contributed by atoms with Gasteiger partial charge in [-0.2, -0.15) is 0 Å². The largest absolute Gasteiger partial charge is 0.489 e. The normalized spacial score (nSPS) is 25.2. The van der Waals surface area contributed by atoms with Crippen LogP contribution < -0.4 is 15.4 Å². The van der Waals surface area contributed by atoms with Crippen molar-refractivity contribution in [3.05, 3.63) is 23.8 Å². The second-order valence-electron chi connectivity index (χ2n) is 4.75. The van der Waals surface area contributed by atoms with E-state index in [0.717, 1.165) is 12.2 Å². The molecule has 1 aromatic carbocycles. The van der Waals surface area contributed by atoms with Gasteiger partial charge in [0.15, 0.2) is 5.75 Å². The van der Waals surface area contributed by atoms with Gasteiger partial charge in [-0.25, -0.2) is 0 Å². The van der Waals surface area contributed by atoms with Crippen molar-refractivity contribution in [2.24, 2.45) is 0 Å². The van der Waals surface area contributed by atoms with E-state index in [4.69, 9.17) is 4.74 Å². The van der Waals surface area contributed by atoms with Gasteiger partial charge in [-0.15, -0.1) is 0 Å². The lowest BCUT2D eigenvalue weighted by atomic mass is 9.89. The molecule has 0 spiro atoms. The van der Waals surface area contributed by atoms with Crippen LogP contribution in [0.1, 0.15) is 23.2 Å². The van der Waals surface area contributed by atoms with Crippen molar-refractivity contribution in [2.45, 2.75) is 25.0 Å². The monoisotopic (exact) mass is 248 g/mol. The molecule has 2 aliphatic rings. The number of rotatable bonds is 2. The molecule has 96 valence electrons. The first-order chi connectivity index (χ1) is 8.74. The molecular weight excluding hydrogens is 232 g/mol. The van der Waals surface area contributed by atoms with Crippen molar-refractivity contribution in [3.63, 3.8) is 0 Å². The average Bonchev–Trinajstić information content (AvgIpc) is 2.36. The Morgan fingerprint density at radius 1 is 1.44 bits per heavy atom. The number of aliphatic hydroxyl groups is 1. The SMILES string of the molecule is O=C(NC1CC(O)C1)c1cccc2c1OCCN2. The summed E-state index contributed by atoms with van der Waals surface area (Å²) in [5.74, 6) is 0.494. The van der Waals surface area contributed by atoms with Gasteiger partial charge in [0.2, 0.25) is 0 Å². The Morgan fingerprint density at radius 3 is 3.06 bits per heavy atom. The third-order valence-electron chi connectivity index (χ3n) is 3.37. The van der Waals surface area contributed by atoms with Gasteiger partial charge in [0.25, 0.3) is 5.91 Å². The molecule has 0 bridgehead atoms. The topological polar surface area (TPSA) is 70.6 Å². The smallest absolute Gasteiger partial charge is 0.255 e. The summed E-state index contributed by atoms with van der Waals surface area (Å²) in [5, 5.41) is 15.3. The molecule has 0 saturated heterocycles. The zero-order valence-electron chi connectivity index (χ0n) is 9.98. The molecule has 18 heavy (non-hydrogen) atoms. The third-order valence-corrected chi connectivity index (χ3v) is 3.37. The van der Waals surface area contributed by atoms with Crippen LogP contribution in [0.25, 0.3) is 0 Å². The zero-order chi connectivity index (χ0) is 12.5. The summed E-state index contributed by atoms with van der Waals surface area (Å²) in [5.41, 5.74) is 1.42. The molecule has 1 heterocycles. The van der Waals surface area contributed by atoms with Crippen molar-refractivity contribution in [1.29, 1.82) is 0 Å². The summed E-state index contributed by atoms with van der Waals surface area (Å²) < 4.78 is 5.56. The first-order valence-electron chi connectivity index (χ1n) is 6.22. The highest BCUT2D eigenvalue weighted by Crippen LogP contribution is 2.31. The molecule has 1 aliphatic carbocycles. The minimum atomic E-state index is -0.266. The van der Waals surface area contributed by atoms with E-state index in [0.29, 0.717) is 30.8 Å². The highest BCUT2D eigenvalue weighted by molar-refractivity contribution is 5.99. The maximum atomic E-state index is 12.1. The number of carbonyl (C=O) groups excluding carboxylic acids is 1. The highest BCUT2D eigenvalue weighted by Gasteiger charge is 2.29. The fourth-order valence-corrected chi connectivity index (χ4v) is 2.32. The van der Waals surface area contributed by atoms with E-state index in [2.05, 4.69) is 10.6 Å². The predicted molar refractivity (Wildman–Crippen MR) is 66.9 cm³/mol.